The molecule has 1 aromatic rings. The minimum atomic E-state index is -3.57. The Morgan fingerprint density at radius 3 is 3.05 bits per heavy atom. The summed E-state index contributed by atoms with van der Waals surface area (Å²) in [6, 6.07) is -0.325. The first-order valence-electron chi connectivity index (χ1n) is 5.93. The molecule has 7 nitrogen and oxygen atoms in total. The van der Waals surface area contributed by atoms with Crippen LogP contribution in [0, 0.1) is 0 Å². The Labute approximate surface area is 111 Å². The molecule has 1 aliphatic heterocycles. The summed E-state index contributed by atoms with van der Waals surface area (Å²) in [7, 11) is -3.57. The lowest BCUT2D eigenvalue weighted by Crippen LogP contribution is -2.40. The second kappa shape index (κ2) is 5.54. The minimum absolute atomic E-state index is 0.184. The van der Waals surface area contributed by atoms with Gasteiger partial charge in [-0.2, -0.15) is 0 Å². The molecule has 1 unspecified atom stereocenters. The summed E-state index contributed by atoms with van der Waals surface area (Å²) in [4.78, 5) is 20.2. The predicted octanol–water partition coefficient (Wildman–Crippen LogP) is -0.298. The SMILES string of the molecule is NS(=O)(=O)CC1CCCN1C(=O)/C=C/c1cnc[nH]1. The molecule has 19 heavy (non-hydrogen) atoms. The predicted molar refractivity (Wildman–Crippen MR) is 70.3 cm³/mol. The number of likely N-dealkylation sites (tertiary alicyclic amines) is 1. The highest BCUT2D eigenvalue weighted by Gasteiger charge is 2.30. The van der Waals surface area contributed by atoms with E-state index in [-0.39, 0.29) is 17.7 Å². The van der Waals surface area contributed by atoms with Crippen LogP contribution >= 0.6 is 0 Å². The molecule has 104 valence electrons. The van der Waals surface area contributed by atoms with E-state index >= 15 is 0 Å². The largest absolute Gasteiger partial charge is 0.345 e. The number of imidazole rings is 1. The van der Waals surface area contributed by atoms with Gasteiger partial charge in [-0.15, -0.1) is 0 Å². The van der Waals surface area contributed by atoms with Crippen molar-refractivity contribution >= 4 is 22.0 Å². The quantitative estimate of drug-likeness (QED) is 0.740. The van der Waals surface area contributed by atoms with Crippen molar-refractivity contribution in [2.45, 2.75) is 18.9 Å². The van der Waals surface area contributed by atoms with Gasteiger partial charge in [-0.25, -0.2) is 18.5 Å². The molecule has 2 rings (SSSR count). The van der Waals surface area contributed by atoms with Gasteiger partial charge in [0.2, 0.25) is 15.9 Å². The number of nitrogens with zero attached hydrogens (tertiary/aromatic N) is 2. The Bertz CT molecular complexity index is 565. The molecule has 1 atom stereocenters. The Balaban J connectivity index is 2.01. The summed E-state index contributed by atoms with van der Waals surface area (Å²) in [5, 5.41) is 5.03. The van der Waals surface area contributed by atoms with E-state index in [9.17, 15) is 13.2 Å². The summed E-state index contributed by atoms with van der Waals surface area (Å²) >= 11 is 0. The summed E-state index contributed by atoms with van der Waals surface area (Å²) in [5.74, 6) is -0.392. The molecule has 1 aromatic heterocycles. The average molecular weight is 284 g/mol. The number of carbonyl (C=O) groups excluding carboxylic acids is 1. The molecule has 1 fully saturated rings. The van der Waals surface area contributed by atoms with Gasteiger partial charge < -0.3 is 9.88 Å². The maximum Gasteiger partial charge on any atom is 0.246 e. The first-order chi connectivity index (χ1) is 8.96. The number of sulfonamides is 1. The van der Waals surface area contributed by atoms with Crippen LogP contribution in [0.3, 0.4) is 0 Å². The molecule has 0 aromatic carbocycles. The lowest BCUT2D eigenvalue weighted by atomic mass is 10.2. The lowest BCUT2D eigenvalue weighted by molar-refractivity contribution is -0.126. The first kappa shape index (κ1) is 13.8. The number of nitrogens with one attached hydrogen (secondary N) is 1. The summed E-state index contributed by atoms with van der Waals surface area (Å²) in [6.45, 7) is 0.562. The zero-order chi connectivity index (χ0) is 13.9. The van der Waals surface area contributed by atoms with Crippen molar-refractivity contribution in [1.29, 1.82) is 0 Å². The fourth-order valence-electron chi connectivity index (χ4n) is 2.18. The average Bonchev–Trinajstić information content (AvgIpc) is 2.94. The minimum Gasteiger partial charge on any atom is -0.345 e. The van der Waals surface area contributed by atoms with Gasteiger partial charge in [-0.1, -0.05) is 0 Å². The number of primary sulfonamides is 1. The fraction of sp³-hybridized carbons (Fsp3) is 0.455. The van der Waals surface area contributed by atoms with E-state index in [0.717, 1.165) is 12.1 Å². The maximum absolute atomic E-state index is 12.0. The van der Waals surface area contributed by atoms with Gasteiger partial charge in [0, 0.05) is 18.7 Å². The molecule has 3 N–H and O–H groups in total. The van der Waals surface area contributed by atoms with E-state index in [4.69, 9.17) is 5.14 Å². The molecule has 0 bridgehead atoms. The highest BCUT2D eigenvalue weighted by molar-refractivity contribution is 7.89. The van der Waals surface area contributed by atoms with Gasteiger partial charge in [-0.05, 0) is 18.9 Å². The third kappa shape index (κ3) is 3.90. The third-order valence-electron chi connectivity index (χ3n) is 3.01. The van der Waals surface area contributed by atoms with Gasteiger partial charge >= 0.3 is 0 Å². The molecular weight excluding hydrogens is 268 g/mol. The van der Waals surface area contributed by atoms with E-state index in [1.807, 2.05) is 0 Å². The van der Waals surface area contributed by atoms with Crippen LogP contribution in [0.15, 0.2) is 18.6 Å². The molecule has 0 radical (unpaired) electrons. The van der Waals surface area contributed by atoms with Crippen molar-refractivity contribution in [2.75, 3.05) is 12.3 Å². The number of hydrogen-bond donors (Lipinski definition) is 2. The van der Waals surface area contributed by atoms with Crippen molar-refractivity contribution in [2.24, 2.45) is 5.14 Å². The van der Waals surface area contributed by atoms with Crippen molar-refractivity contribution in [3.8, 4) is 0 Å². The topological polar surface area (TPSA) is 109 Å². The Morgan fingerprint density at radius 1 is 1.63 bits per heavy atom. The van der Waals surface area contributed by atoms with Crippen LogP contribution in [0.4, 0.5) is 0 Å². The lowest BCUT2D eigenvalue weighted by Gasteiger charge is -2.22. The van der Waals surface area contributed by atoms with Crippen molar-refractivity contribution < 1.29 is 13.2 Å². The number of amides is 1. The third-order valence-corrected chi connectivity index (χ3v) is 3.86. The molecule has 1 amide bonds. The number of hydrogen-bond acceptors (Lipinski definition) is 4. The number of carbonyl (C=O) groups is 1. The highest BCUT2D eigenvalue weighted by atomic mass is 32.2. The van der Waals surface area contributed by atoms with Gasteiger partial charge in [0.05, 0.1) is 24.0 Å². The number of nitrogens with two attached hydrogens (primary N) is 1. The van der Waals surface area contributed by atoms with Crippen LogP contribution < -0.4 is 5.14 Å². The molecule has 1 aliphatic rings. The highest BCUT2D eigenvalue weighted by Crippen LogP contribution is 2.18. The number of H-pyrrole nitrogens is 1. The van der Waals surface area contributed by atoms with Gasteiger partial charge in [0.15, 0.2) is 0 Å². The number of aromatic nitrogens is 2. The Morgan fingerprint density at radius 2 is 2.42 bits per heavy atom. The number of aromatic amines is 1. The monoisotopic (exact) mass is 284 g/mol. The van der Waals surface area contributed by atoms with Crippen molar-refractivity contribution in [1.82, 2.24) is 14.9 Å². The van der Waals surface area contributed by atoms with E-state index in [1.165, 1.54) is 12.4 Å². The van der Waals surface area contributed by atoms with Crippen molar-refractivity contribution in [3.63, 3.8) is 0 Å². The Kier molecular flexibility index (Phi) is 4.01. The van der Waals surface area contributed by atoms with Crippen LogP contribution in [-0.2, 0) is 14.8 Å². The van der Waals surface area contributed by atoms with E-state index in [1.54, 1.807) is 17.2 Å². The van der Waals surface area contributed by atoms with E-state index < -0.39 is 10.0 Å². The fourth-order valence-corrected chi connectivity index (χ4v) is 3.06. The molecule has 1 saturated heterocycles. The molecule has 0 spiro atoms. The smallest absolute Gasteiger partial charge is 0.246 e. The zero-order valence-electron chi connectivity index (χ0n) is 10.3. The van der Waals surface area contributed by atoms with Crippen molar-refractivity contribution in [3.05, 3.63) is 24.3 Å². The summed E-state index contributed by atoms with van der Waals surface area (Å²) in [5.41, 5.74) is 0.718. The number of rotatable bonds is 4. The van der Waals surface area contributed by atoms with Crippen LogP contribution in [-0.4, -0.2) is 47.5 Å². The normalized spacial score (nSPS) is 20.3. The summed E-state index contributed by atoms with van der Waals surface area (Å²) < 4.78 is 22.2. The Hall–Kier alpha value is -1.67. The van der Waals surface area contributed by atoms with E-state index in [0.29, 0.717) is 13.0 Å². The molecule has 8 heteroatoms. The molecule has 2 heterocycles. The molecular formula is C11H16N4O3S. The first-order valence-corrected chi connectivity index (χ1v) is 7.65. The standard InChI is InChI=1S/C11H16N4O3S/c12-19(17,18)7-10-2-1-5-15(10)11(16)4-3-9-6-13-8-14-9/h3-4,6,8,10H,1-2,5,7H2,(H,13,14)(H2,12,17,18)/b4-3+. The zero-order valence-corrected chi connectivity index (χ0v) is 11.1. The maximum atomic E-state index is 12.0. The van der Waals surface area contributed by atoms with E-state index in [2.05, 4.69) is 9.97 Å². The summed E-state index contributed by atoms with van der Waals surface area (Å²) in [6.07, 6.45) is 7.60. The van der Waals surface area contributed by atoms with Crippen LogP contribution in [0.2, 0.25) is 0 Å². The van der Waals surface area contributed by atoms with Crippen LogP contribution in [0.1, 0.15) is 18.5 Å². The second-order valence-electron chi connectivity index (χ2n) is 4.50. The van der Waals surface area contributed by atoms with Gasteiger partial charge in [0.1, 0.15) is 0 Å². The molecule has 0 saturated carbocycles. The van der Waals surface area contributed by atoms with Gasteiger partial charge in [-0.3, -0.25) is 4.79 Å². The van der Waals surface area contributed by atoms with Crippen LogP contribution in [0.25, 0.3) is 6.08 Å². The molecule has 0 aliphatic carbocycles. The van der Waals surface area contributed by atoms with Crippen LogP contribution in [0.5, 0.6) is 0 Å². The second-order valence-corrected chi connectivity index (χ2v) is 6.16. The van der Waals surface area contributed by atoms with Gasteiger partial charge in [0.25, 0.3) is 0 Å².